The minimum atomic E-state index is 0.0884. The highest BCUT2D eigenvalue weighted by Gasteiger charge is 2.23. The number of benzene rings is 5. The van der Waals surface area contributed by atoms with Gasteiger partial charge in [0.15, 0.2) is 0 Å². The molecule has 5 aromatic carbocycles. The summed E-state index contributed by atoms with van der Waals surface area (Å²) in [4.78, 5) is 0. The van der Waals surface area contributed by atoms with Crippen LogP contribution in [0.5, 0.6) is 0 Å². The Labute approximate surface area is 289 Å². The summed E-state index contributed by atoms with van der Waals surface area (Å²) in [6, 6.07) is 42.0. The van der Waals surface area contributed by atoms with Crippen molar-refractivity contribution in [1.82, 2.24) is 9.13 Å². The predicted molar refractivity (Wildman–Crippen MR) is 200 cm³/mol. The largest absolute Gasteiger partial charge is 0.312 e. The lowest BCUT2D eigenvalue weighted by molar-refractivity contribution is 0.846. The van der Waals surface area contributed by atoms with Gasteiger partial charge in [-0.1, -0.05) is 78.9 Å². The molecule has 234 valence electrons. The van der Waals surface area contributed by atoms with Gasteiger partial charge in [0.1, 0.15) is 6.07 Å². The van der Waals surface area contributed by atoms with Crippen molar-refractivity contribution in [2.24, 2.45) is 0 Å². The zero-order chi connectivity index (χ0) is 33.8. The maximum absolute atomic E-state index is 10.2. The molecule has 5 heteroatoms. The molecule has 1 atom stereocenters. The molecule has 0 bridgehead atoms. The van der Waals surface area contributed by atoms with Gasteiger partial charge in [0.25, 0.3) is 0 Å². The molecule has 7 aromatic rings. The molecule has 2 heterocycles. The highest BCUT2D eigenvalue weighted by atomic mass is 15.0. The number of hydrogen-bond donors (Lipinski definition) is 0. The van der Waals surface area contributed by atoms with E-state index in [0.29, 0.717) is 16.7 Å². The van der Waals surface area contributed by atoms with Gasteiger partial charge in [-0.05, 0) is 90.6 Å². The van der Waals surface area contributed by atoms with E-state index in [0.717, 1.165) is 80.0 Å². The Morgan fingerprint density at radius 2 is 1.46 bits per heavy atom. The lowest BCUT2D eigenvalue weighted by atomic mass is 9.86. The molecular weight excluding hydrogens is 611 g/mol. The van der Waals surface area contributed by atoms with E-state index in [2.05, 4.69) is 118 Å². The van der Waals surface area contributed by atoms with Gasteiger partial charge in [-0.15, -0.1) is 0 Å². The fourth-order valence-electron chi connectivity index (χ4n) is 8.01. The van der Waals surface area contributed by atoms with Crippen molar-refractivity contribution in [3.05, 3.63) is 167 Å². The Morgan fingerprint density at radius 3 is 2.34 bits per heavy atom. The summed E-state index contributed by atoms with van der Waals surface area (Å²) in [6.45, 7) is 0. The Kier molecular flexibility index (Phi) is 6.84. The Bertz CT molecular complexity index is 2780. The molecule has 0 radical (unpaired) electrons. The van der Waals surface area contributed by atoms with Crippen molar-refractivity contribution in [2.75, 3.05) is 0 Å². The topological polar surface area (TPSA) is 81.2 Å². The maximum Gasteiger partial charge on any atom is 0.101 e. The Hall–Kier alpha value is -6.87. The van der Waals surface area contributed by atoms with Gasteiger partial charge >= 0.3 is 0 Å². The fourth-order valence-corrected chi connectivity index (χ4v) is 8.01. The average molecular weight is 640 g/mol. The molecule has 0 aliphatic heterocycles. The first-order valence-corrected chi connectivity index (χ1v) is 16.9. The Morgan fingerprint density at radius 1 is 0.640 bits per heavy atom. The van der Waals surface area contributed by atoms with Gasteiger partial charge in [0.2, 0.25) is 0 Å². The number of rotatable bonds is 4. The highest BCUT2D eigenvalue weighted by molar-refractivity contribution is 6.09. The van der Waals surface area contributed by atoms with E-state index in [9.17, 15) is 15.8 Å². The molecule has 9 rings (SSSR count). The van der Waals surface area contributed by atoms with Crippen LogP contribution in [0, 0.1) is 34.0 Å². The van der Waals surface area contributed by atoms with E-state index >= 15 is 0 Å². The third-order valence-electron chi connectivity index (χ3n) is 10.2. The lowest BCUT2D eigenvalue weighted by Crippen LogP contribution is -2.07. The molecule has 0 saturated carbocycles. The minimum Gasteiger partial charge on any atom is -0.312 e. The summed E-state index contributed by atoms with van der Waals surface area (Å²) in [5, 5.41) is 33.2. The van der Waals surface area contributed by atoms with Crippen LogP contribution in [0.25, 0.3) is 55.7 Å². The molecule has 5 nitrogen and oxygen atoms in total. The van der Waals surface area contributed by atoms with Gasteiger partial charge in [-0.3, -0.25) is 0 Å². The van der Waals surface area contributed by atoms with Crippen LogP contribution >= 0.6 is 0 Å². The van der Waals surface area contributed by atoms with Crippen LogP contribution in [0.1, 0.15) is 57.8 Å². The van der Waals surface area contributed by atoms with Crippen molar-refractivity contribution >= 4 is 44.4 Å². The number of allylic oxidation sites excluding steroid dienone is 5. The van der Waals surface area contributed by atoms with Gasteiger partial charge in [0.05, 0.1) is 45.4 Å². The zero-order valence-corrected chi connectivity index (χ0v) is 27.1. The first-order chi connectivity index (χ1) is 24.7. The van der Waals surface area contributed by atoms with E-state index < -0.39 is 0 Å². The van der Waals surface area contributed by atoms with Gasteiger partial charge in [-0.25, -0.2) is 0 Å². The SMILES string of the molecule is N#Cc1cc(C2=CC(c3ccccc3-n3c4ccccc4c4cc(C#N)ccc43)CC=C2)cc(-n2c3c(c4cccc(C#N)c42)C=CCC3)c1. The van der Waals surface area contributed by atoms with Crippen LogP contribution in [-0.4, -0.2) is 9.13 Å². The molecule has 0 amide bonds. The second-order valence-electron chi connectivity index (χ2n) is 13.0. The number of hydrogen-bond acceptors (Lipinski definition) is 3. The van der Waals surface area contributed by atoms with Crippen LogP contribution < -0.4 is 0 Å². The van der Waals surface area contributed by atoms with Crippen LogP contribution in [0.3, 0.4) is 0 Å². The third-order valence-corrected chi connectivity index (χ3v) is 10.2. The molecule has 0 fully saturated rings. The van der Waals surface area contributed by atoms with Crippen molar-refractivity contribution < 1.29 is 0 Å². The molecule has 0 spiro atoms. The number of fused-ring (bicyclic) bond motifs is 6. The van der Waals surface area contributed by atoms with Gasteiger partial charge in [0, 0.05) is 44.7 Å². The molecular formula is C45H29N5. The zero-order valence-electron chi connectivity index (χ0n) is 27.1. The van der Waals surface area contributed by atoms with Crippen LogP contribution in [0.15, 0.2) is 127 Å². The van der Waals surface area contributed by atoms with E-state index in [-0.39, 0.29) is 5.92 Å². The number of nitriles is 3. The molecule has 1 unspecified atom stereocenters. The van der Waals surface area contributed by atoms with Crippen molar-refractivity contribution in [2.45, 2.75) is 25.2 Å². The summed E-state index contributed by atoms with van der Waals surface area (Å²) in [5.74, 6) is 0.0884. The van der Waals surface area contributed by atoms with E-state index in [1.807, 2.05) is 42.5 Å². The van der Waals surface area contributed by atoms with Crippen molar-refractivity contribution in [3.63, 3.8) is 0 Å². The predicted octanol–water partition coefficient (Wildman–Crippen LogP) is 10.4. The minimum absolute atomic E-state index is 0.0884. The molecule has 0 saturated heterocycles. The third kappa shape index (κ3) is 4.51. The smallest absolute Gasteiger partial charge is 0.101 e. The van der Waals surface area contributed by atoms with Crippen LogP contribution in [0.4, 0.5) is 0 Å². The first-order valence-electron chi connectivity index (χ1n) is 16.9. The summed E-state index contributed by atoms with van der Waals surface area (Å²) in [6.07, 6.45) is 13.7. The summed E-state index contributed by atoms with van der Waals surface area (Å²) >= 11 is 0. The first kappa shape index (κ1) is 29.3. The molecule has 2 aromatic heterocycles. The maximum atomic E-state index is 10.2. The van der Waals surface area contributed by atoms with Crippen molar-refractivity contribution in [1.29, 1.82) is 15.8 Å². The molecule has 2 aliphatic carbocycles. The normalized spacial score (nSPS) is 15.1. The molecule has 0 N–H and O–H groups in total. The summed E-state index contributed by atoms with van der Waals surface area (Å²) < 4.78 is 4.53. The Balaban J connectivity index is 1.20. The fraction of sp³-hybridized carbons (Fsp3) is 0.0889. The highest BCUT2D eigenvalue weighted by Crippen LogP contribution is 2.40. The van der Waals surface area contributed by atoms with E-state index in [4.69, 9.17) is 0 Å². The molecule has 50 heavy (non-hydrogen) atoms. The van der Waals surface area contributed by atoms with Crippen LogP contribution in [0.2, 0.25) is 0 Å². The number of para-hydroxylation sites is 3. The summed E-state index contributed by atoms with van der Waals surface area (Å²) in [5.41, 5.74) is 12.4. The van der Waals surface area contributed by atoms with Gasteiger partial charge < -0.3 is 9.13 Å². The second-order valence-corrected chi connectivity index (χ2v) is 13.0. The second kappa shape index (κ2) is 11.7. The van der Waals surface area contributed by atoms with E-state index in [1.165, 1.54) is 11.3 Å². The van der Waals surface area contributed by atoms with Gasteiger partial charge in [-0.2, -0.15) is 15.8 Å². The average Bonchev–Trinajstić information content (AvgIpc) is 3.70. The van der Waals surface area contributed by atoms with E-state index in [1.54, 1.807) is 0 Å². The quantitative estimate of drug-likeness (QED) is 0.192. The summed E-state index contributed by atoms with van der Waals surface area (Å²) in [7, 11) is 0. The number of nitrogens with zero attached hydrogens (tertiary/aromatic N) is 5. The number of aromatic nitrogens is 2. The van der Waals surface area contributed by atoms with Crippen molar-refractivity contribution in [3.8, 4) is 29.6 Å². The molecule has 2 aliphatic rings. The van der Waals surface area contributed by atoms with Crippen LogP contribution in [-0.2, 0) is 6.42 Å². The monoisotopic (exact) mass is 639 g/mol. The lowest BCUT2D eigenvalue weighted by Gasteiger charge is -2.22. The standard InChI is InChI=1S/C45H29N5/c46-26-29-19-20-44-40(23-29)38-14-3-6-18-43(38)50(44)41-16-4-1-12-36(41)32-10-7-9-31(24-32)34-21-30(27-47)22-35(25-34)49-42-17-5-2-13-37(42)39-15-8-11-33(28-48)45(39)49/h1-4,6-9,11-16,18-25,32H,5,10,17H2.